The van der Waals surface area contributed by atoms with Gasteiger partial charge in [-0.1, -0.05) is 6.07 Å². The zero-order valence-electron chi connectivity index (χ0n) is 14.8. The molecule has 0 unspecified atom stereocenters. The average Bonchev–Trinajstić information content (AvgIpc) is 3.16. The van der Waals surface area contributed by atoms with Crippen LogP contribution in [0.1, 0.15) is 28.8 Å². The molecule has 1 aliphatic rings. The van der Waals surface area contributed by atoms with E-state index in [1.54, 1.807) is 31.7 Å². The third-order valence-corrected chi connectivity index (χ3v) is 5.27. The summed E-state index contributed by atoms with van der Waals surface area (Å²) in [6.07, 6.45) is 10.1. The first-order valence-corrected chi connectivity index (χ1v) is 8.98. The van der Waals surface area contributed by atoms with E-state index in [0.29, 0.717) is 22.4 Å². The smallest absolute Gasteiger partial charge is 0.274 e. The third kappa shape index (κ3) is 3.03. The van der Waals surface area contributed by atoms with Gasteiger partial charge in [-0.05, 0) is 42.9 Å². The number of aryl methyl sites for hydroxylation is 1. The van der Waals surface area contributed by atoms with Crippen molar-refractivity contribution in [2.75, 3.05) is 13.1 Å². The second-order valence-electron chi connectivity index (χ2n) is 7.03. The van der Waals surface area contributed by atoms with E-state index in [-0.39, 0.29) is 11.5 Å². The molecule has 6 nitrogen and oxygen atoms in total. The quantitative estimate of drug-likeness (QED) is 0.788. The van der Waals surface area contributed by atoms with Gasteiger partial charge in [0.1, 0.15) is 5.52 Å². The molecule has 1 aliphatic heterocycles. The van der Waals surface area contributed by atoms with Crippen molar-refractivity contribution in [1.29, 1.82) is 0 Å². The summed E-state index contributed by atoms with van der Waals surface area (Å²) >= 11 is 0. The Bertz CT molecular complexity index is 982. The molecule has 26 heavy (non-hydrogen) atoms. The van der Waals surface area contributed by atoms with E-state index in [1.165, 1.54) is 10.1 Å². The van der Waals surface area contributed by atoms with Gasteiger partial charge in [0, 0.05) is 50.3 Å². The Labute approximate surface area is 151 Å². The maximum absolute atomic E-state index is 13.0. The van der Waals surface area contributed by atoms with Crippen LogP contribution in [0, 0.1) is 5.92 Å². The highest BCUT2D eigenvalue weighted by atomic mass is 16.2. The summed E-state index contributed by atoms with van der Waals surface area (Å²) in [7, 11) is 1.68. The van der Waals surface area contributed by atoms with Crippen LogP contribution in [0.3, 0.4) is 0 Å². The molecule has 0 spiro atoms. The molecule has 3 aromatic heterocycles. The SMILES string of the molecule is Cn1cc(C(=O)N2CCC(Cc3cccnc3)CC2)c2cc[nH]c2c1=O. The number of rotatable bonds is 3. The molecule has 0 aliphatic carbocycles. The molecule has 0 saturated carbocycles. The number of hydrogen-bond acceptors (Lipinski definition) is 3. The summed E-state index contributed by atoms with van der Waals surface area (Å²) in [6.45, 7) is 1.50. The molecule has 134 valence electrons. The van der Waals surface area contributed by atoms with Crippen LogP contribution >= 0.6 is 0 Å². The Morgan fingerprint density at radius 3 is 2.85 bits per heavy atom. The normalized spacial score (nSPS) is 15.5. The van der Waals surface area contributed by atoms with E-state index in [4.69, 9.17) is 0 Å². The Morgan fingerprint density at radius 1 is 1.31 bits per heavy atom. The summed E-state index contributed by atoms with van der Waals surface area (Å²) in [5.74, 6) is 0.584. The fourth-order valence-corrected chi connectivity index (χ4v) is 3.80. The minimum atomic E-state index is -0.114. The fourth-order valence-electron chi connectivity index (χ4n) is 3.80. The third-order valence-electron chi connectivity index (χ3n) is 5.27. The standard InChI is InChI=1S/C20H22N4O2/c1-23-13-17(16-4-8-22-18(16)20(23)26)19(25)24-9-5-14(6-10-24)11-15-3-2-7-21-12-15/h2-4,7-8,12-14,22H,5-6,9-11H2,1H3. The topological polar surface area (TPSA) is 71.0 Å². The molecule has 0 bridgehead atoms. The van der Waals surface area contributed by atoms with Crippen LogP contribution in [-0.2, 0) is 13.5 Å². The number of hydrogen-bond donors (Lipinski definition) is 1. The highest BCUT2D eigenvalue weighted by molar-refractivity contribution is 6.05. The lowest BCUT2D eigenvalue weighted by atomic mass is 9.90. The molecule has 1 N–H and O–H groups in total. The number of nitrogens with one attached hydrogen (secondary N) is 1. The van der Waals surface area contributed by atoms with E-state index >= 15 is 0 Å². The van der Waals surface area contributed by atoms with E-state index < -0.39 is 0 Å². The zero-order valence-corrected chi connectivity index (χ0v) is 14.8. The Hall–Kier alpha value is -2.89. The number of aromatic amines is 1. The fraction of sp³-hybridized carbons (Fsp3) is 0.350. The number of carbonyl (C=O) groups is 1. The van der Waals surface area contributed by atoms with Crippen LogP contribution in [0.2, 0.25) is 0 Å². The van der Waals surface area contributed by atoms with E-state index in [9.17, 15) is 9.59 Å². The summed E-state index contributed by atoms with van der Waals surface area (Å²) in [5, 5.41) is 0.704. The average molecular weight is 350 g/mol. The first-order valence-electron chi connectivity index (χ1n) is 8.98. The van der Waals surface area contributed by atoms with Gasteiger partial charge in [-0.15, -0.1) is 0 Å². The van der Waals surface area contributed by atoms with Crippen LogP contribution < -0.4 is 5.56 Å². The lowest BCUT2D eigenvalue weighted by Gasteiger charge is -2.32. The summed E-state index contributed by atoms with van der Waals surface area (Å²) in [4.78, 5) is 34.2. The minimum Gasteiger partial charge on any atom is -0.357 e. The van der Waals surface area contributed by atoms with E-state index in [1.807, 2.05) is 17.2 Å². The number of fused-ring (bicyclic) bond motifs is 1. The Morgan fingerprint density at radius 2 is 2.12 bits per heavy atom. The number of piperidine rings is 1. The Kier molecular flexibility index (Phi) is 4.32. The van der Waals surface area contributed by atoms with Gasteiger partial charge in [-0.2, -0.15) is 0 Å². The maximum atomic E-state index is 13.0. The number of H-pyrrole nitrogens is 1. The molecule has 6 heteroatoms. The number of aromatic nitrogens is 3. The van der Waals surface area contributed by atoms with Gasteiger partial charge in [0.15, 0.2) is 0 Å². The van der Waals surface area contributed by atoms with Crippen molar-refractivity contribution in [3.63, 3.8) is 0 Å². The lowest BCUT2D eigenvalue weighted by Crippen LogP contribution is -2.39. The van der Waals surface area contributed by atoms with Crippen molar-refractivity contribution < 1.29 is 4.79 Å². The van der Waals surface area contributed by atoms with E-state index in [2.05, 4.69) is 16.0 Å². The molecule has 0 atom stereocenters. The largest absolute Gasteiger partial charge is 0.357 e. The first-order chi connectivity index (χ1) is 12.6. The number of amides is 1. The van der Waals surface area contributed by atoms with Gasteiger partial charge in [0.05, 0.1) is 5.56 Å². The van der Waals surface area contributed by atoms with Crippen molar-refractivity contribution in [2.24, 2.45) is 13.0 Å². The molecular formula is C20H22N4O2. The van der Waals surface area contributed by atoms with Gasteiger partial charge in [0.2, 0.25) is 0 Å². The number of carbonyl (C=O) groups excluding carboxylic acids is 1. The van der Waals surface area contributed by atoms with Gasteiger partial charge in [-0.3, -0.25) is 14.6 Å². The zero-order chi connectivity index (χ0) is 18.1. The molecule has 1 amide bonds. The van der Waals surface area contributed by atoms with Gasteiger partial charge in [-0.25, -0.2) is 0 Å². The van der Waals surface area contributed by atoms with Crippen LogP contribution in [0.15, 0.2) is 47.8 Å². The summed E-state index contributed by atoms with van der Waals surface area (Å²) in [6, 6.07) is 5.88. The summed E-state index contributed by atoms with van der Waals surface area (Å²) < 4.78 is 1.47. The predicted molar refractivity (Wildman–Crippen MR) is 100 cm³/mol. The van der Waals surface area contributed by atoms with Crippen LogP contribution in [0.4, 0.5) is 0 Å². The minimum absolute atomic E-state index is 0.00466. The molecule has 1 saturated heterocycles. The first kappa shape index (κ1) is 16.6. The van der Waals surface area contributed by atoms with Crippen molar-refractivity contribution in [1.82, 2.24) is 19.4 Å². The predicted octanol–water partition coefficient (Wildman–Crippen LogP) is 2.36. The van der Waals surface area contributed by atoms with Crippen LogP contribution in [0.5, 0.6) is 0 Å². The maximum Gasteiger partial charge on any atom is 0.274 e. The number of likely N-dealkylation sites (tertiary alicyclic amines) is 1. The highest BCUT2D eigenvalue weighted by Crippen LogP contribution is 2.24. The van der Waals surface area contributed by atoms with Crippen molar-refractivity contribution >= 4 is 16.8 Å². The monoisotopic (exact) mass is 350 g/mol. The van der Waals surface area contributed by atoms with Gasteiger partial charge >= 0.3 is 0 Å². The van der Waals surface area contributed by atoms with Crippen molar-refractivity contribution in [3.8, 4) is 0 Å². The molecule has 3 aromatic rings. The lowest BCUT2D eigenvalue weighted by molar-refractivity contribution is 0.0691. The summed E-state index contributed by atoms with van der Waals surface area (Å²) in [5.41, 5.74) is 2.22. The second-order valence-corrected chi connectivity index (χ2v) is 7.03. The van der Waals surface area contributed by atoms with Crippen LogP contribution in [-0.4, -0.2) is 38.4 Å². The van der Waals surface area contributed by atoms with E-state index in [0.717, 1.165) is 32.4 Å². The van der Waals surface area contributed by atoms with Crippen molar-refractivity contribution in [3.05, 3.63) is 64.5 Å². The van der Waals surface area contributed by atoms with Crippen LogP contribution in [0.25, 0.3) is 10.9 Å². The molecule has 1 fully saturated rings. The van der Waals surface area contributed by atoms with Gasteiger partial charge < -0.3 is 14.5 Å². The molecule has 4 rings (SSSR count). The molecule has 4 heterocycles. The molecule has 0 radical (unpaired) electrons. The Balaban J connectivity index is 1.48. The molecular weight excluding hydrogens is 328 g/mol. The molecule has 0 aromatic carbocycles. The number of pyridine rings is 2. The second kappa shape index (κ2) is 6.78. The van der Waals surface area contributed by atoms with Crippen molar-refractivity contribution in [2.45, 2.75) is 19.3 Å². The van der Waals surface area contributed by atoms with Gasteiger partial charge in [0.25, 0.3) is 11.5 Å². The highest BCUT2D eigenvalue weighted by Gasteiger charge is 2.25. The number of nitrogens with zero attached hydrogens (tertiary/aromatic N) is 3.